The molecule has 2 aliphatic rings. The van der Waals surface area contributed by atoms with Crippen molar-refractivity contribution in [3.63, 3.8) is 0 Å². The van der Waals surface area contributed by atoms with Crippen molar-refractivity contribution in [2.24, 2.45) is 0 Å². The van der Waals surface area contributed by atoms with E-state index in [-0.39, 0.29) is 17.4 Å². The number of aromatic nitrogens is 1. The van der Waals surface area contributed by atoms with E-state index < -0.39 is 17.7 Å². The molecule has 0 radical (unpaired) electrons. The van der Waals surface area contributed by atoms with Gasteiger partial charge in [-0.3, -0.25) is 14.5 Å². The lowest BCUT2D eigenvalue weighted by Crippen LogP contribution is -2.29. The maximum absolute atomic E-state index is 13.7. The highest BCUT2D eigenvalue weighted by molar-refractivity contribution is 7.22. The Kier molecular flexibility index (Phi) is 8.08. The standard InChI is InChI=1S/C34H34N2O6S/c1-4-6-7-16-41-24-11-8-21(9-12-24)30-29(31(37)22-10-15-27-23(18-22)17-20(3)42-27)32(38)33(39)36(30)34-35-26-14-13-25(40-5-2)19-28(26)43-34/h8-15,18-20,30,37H,4-7,16-17H2,1-3H3/t20-,30+/m1/s1. The van der Waals surface area contributed by atoms with Crippen molar-refractivity contribution >= 4 is 44.1 Å². The summed E-state index contributed by atoms with van der Waals surface area (Å²) in [5, 5.41) is 12.0. The van der Waals surface area contributed by atoms with E-state index in [1.54, 1.807) is 12.1 Å². The first-order valence-corrected chi connectivity index (χ1v) is 15.6. The molecule has 3 aromatic carbocycles. The molecule has 0 saturated carbocycles. The Hall–Kier alpha value is -4.37. The van der Waals surface area contributed by atoms with Crippen LogP contribution in [0.5, 0.6) is 17.2 Å². The second-order valence-electron chi connectivity index (χ2n) is 10.8. The van der Waals surface area contributed by atoms with Crippen LogP contribution in [0.2, 0.25) is 0 Å². The topological polar surface area (TPSA) is 98.2 Å². The molecule has 1 N–H and O–H groups in total. The van der Waals surface area contributed by atoms with Gasteiger partial charge in [-0.25, -0.2) is 4.98 Å². The number of carbonyl (C=O) groups is 2. The molecule has 3 heterocycles. The van der Waals surface area contributed by atoms with Crippen LogP contribution < -0.4 is 19.1 Å². The molecule has 2 atom stereocenters. The number of ether oxygens (including phenoxy) is 3. The van der Waals surface area contributed by atoms with Gasteiger partial charge in [0, 0.05) is 12.0 Å². The molecule has 0 aliphatic carbocycles. The number of unbranched alkanes of at least 4 members (excludes halogenated alkanes) is 2. The fraction of sp³-hybridized carbons (Fsp3) is 0.324. The first-order chi connectivity index (χ1) is 20.9. The molecule has 8 nitrogen and oxygen atoms in total. The minimum Gasteiger partial charge on any atom is -0.507 e. The summed E-state index contributed by atoms with van der Waals surface area (Å²) in [7, 11) is 0. The fourth-order valence-corrected chi connectivity index (χ4v) is 6.63. The fourth-order valence-electron chi connectivity index (χ4n) is 5.61. The summed E-state index contributed by atoms with van der Waals surface area (Å²) in [5.74, 6) is 0.431. The zero-order chi connectivity index (χ0) is 30.1. The molecule has 222 valence electrons. The molecule has 1 fully saturated rings. The Morgan fingerprint density at radius 3 is 2.58 bits per heavy atom. The quantitative estimate of drug-likeness (QED) is 0.0891. The third-order valence-electron chi connectivity index (χ3n) is 7.69. The summed E-state index contributed by atoms with van der Waals surface area (Å²) >= 11 is 1.30. The lowest BCUT2D eigenvalue weighted by molar-refractivity contribution is -0.132. The maximum Gasteiger partial charge on any atom is 0.301 e. The monoisotopic (exact) mass is 598 g/mol. The van der Waals surface area contributed by atoms with Gasteiger partial charge in [-0.2, -0.15) is 0 Å². The van der Waals surface area contributed by atoms with Gasteiger partial charge in [0.25, 0.3) is 5.78 Å². The number of hydrogen-bond acceptors (Lipinski definition) is 8. The van der Waals surface area contributed by atoms with E-state index >= 15 is 0 Å². The van der Waals surface area contributed by atoms with E-state index in [1.807, 2.05) is 62.4 Å². The predicted molar refractivity (Wildman–Crippen MR) is 167 cm³/mol. The molecule has 43 heavy (non-hydrogen) atoms. The molecular weight excluding hydrogens is 564 g/mol. The van der Waals surface area contributed by atoms with Crippen molar-refractivity contribution in [3.05, 3.63) is 82.9 Å². The van der Waals surface area contributed by atoms with Gasteiger partial charge >= 0.3 is 5.91 Å². The number of nitrogens with zero attached hydrogens (tertiary/aromatic N) is 2. The summed E-state index contributed by atoms with van der Waals surface area (Å²) in [6.45, 7) is 7.18. The smallest absolute Gasteiger partial charge is 0.301 e. The Labute approximate surface area is 254 Å². The van der Waals surface area contributed by atoms with E-state index in [2.05, 4.69) is 6.92 Å². The van der Waals surface area contributed by atoms with Gasteiger partial charge in [0.15, 0.2) is 5.13 Å². The maximum atomic E-state index is 13.7. The summed E-state index contributed by atoms with van der Waals surface area (Å²) in [4.78, 5) is 33.5. The highest BCUT2D eigenvalue weighted by Crippen LogP contribution is 2.45. The Morgan fingerprint density at radius 2 is 1.81 bits per heavy atom. The first kappa shape index (κ1) is 28.7. The lowest BCUT2D eigenvalue weighted by Gasteiger charge is -2.23. The van der Waals surface area contributed by atoms with Crippen LogP contribution in [0.4, 0.5) is 5.13 Å². The molecular formula is C34H34N2O6S. The number of benzene rings is 3. The molecule has 0 unspecified atom stereocenters. The number of anilines is 1. The van der Waals surface area contributed by atoms with Crippen LogP contribution in [0, 0.1) is 0 Å². The second kappa shape index (κ2) is 12.1. The van der Waals surface area contributed by atoms with Gasteiger partial charge < -0.3 is 19.3 Å². The number of thiazole rings is 1. The molecule has 9 heteroatoms. The number of aliphatic hydroxyl groups is 1. The van der Waals surface area contributed by atoms with Crippen molar-refractivity contribution in [2.75, 3.05) is 18.1 Å². The first-order valence-electron chi connectivity index (χ1n) is 14.7. The zero-order valence-electron chi connectivity index (χ0n) is 24.5. The minimum absolute atomic E-state index is 0.0165. The van der Waals surface area contributed by atoms with Crippen LogP contribution in [0.1, 0.15) is 62.8 Å². The summed E-state index contributed by atoms with van der Waals surface area (Å²) in [5.41, 5.74) is 2.77. The third-order valence-corrected chi connectivity index (χ3v) is 8.71. The second-order valence-corrected chi connectivity index (χ2v) is 11.8. The highest BCUT2D eigenvalue weighted by Gasteiger charge is 2.48. The normalized spacial score (nSPS) is 19.1. The number of rotatable bonds is 10. The molecule has 1 amide bonds. The summed E-state index contributed by atoms with van der Waals surface area (Å²) in [6.07, 6.45) is 3.89. The van der Waals surface area contributed by atoms with E-state index in [0.717, 1.165) is 35.3 Å². The summed E-state index contributed by atoms with van der Waals surface area (Å²) in [6, 6.07) is 17.4. The summed E-state index contributed by atoms with van der Waals surface area (Å²) < 4.78 is 18.2. The van der Waals surface area contributed by atoms with Crippen LogP contribution >= 0.6 is 11.3 Å². The molecule has 6 rings (SSSR count). The van der Waals surface area contributed by atoms with E-state index in [0.29, 0.717) is 52.9 Å². The van der Waals surface area contributed by atoms with Crippen LogP contribution in [0.3, 0.4) is 0 Å². The van der Waals surface area contributed by atoms with Crippen LogP contribution in [0.15, 0.2) is 66.2 Å². The van der Waals surface area contributed by atoms with Gasteiger partial charge in [-0.05, 0) is 79.9 Å². The lowest BCUT2D eigenvalue weighted by atomic mass is 9.94. The van der Waals surface area contributed by atoms with Gasteiger partial charge in [0.05, 0.1) is 35.0 Å². The van der Waals surface area contributed by atoms with Crippen LogP contribution in [0.25, 0.3) is 16.0 Å². The van der Waals surface area contributed by atoms with Crippen LogP contribution in [-0.4, -0.2) is 41.1 Å². The van der Waals surface area contributed by atoms with Crippen LogP contribution in [-0.2, 0) is 16.0 Å². The van der Waals surface area contributed by atoms with E-state index in [9.17, 15) is 14.7 Å². The van der Waals surface area contributed by atoms with Crippen molar-refractivity contribution in [2.45, 2.75) is 58.6 Å². The number of carbonyl (C=O) groups excluding carboxylic acids is 2. The Balaban J connectivity index is 1.43. The van der Waals surface area contributed by atoms with Gasteiger partial charge in [-0.1, -0.05) is 43.2 Å². The SMILES string of the molecule is CCCCCOc1ccc([C@H]2C(=C(O)c3ccc4c(c3)C[C@@H](C)O4)C(=O)C(=O)N2c2nc3ccc(OCC)cc3s2)cc1. The number of ketones is 1. The van der Waals surface area contributed by atoms with Crippen molar-refractivity contribution in [3.8, 4) is 17.2 Å². The molecule has 0 spiro atoms. The molecule has 1 aromatic heterocycles. The van der Waals surface area contributed by atoms with E-state index in [1.165, 1.54) is 16.2 Å². The average molecular weight is 599 g/mol. The molecule has 4 aromatic rings. The number of fused-ring (bicyclic) bond motifs is 2. The molecule has 2 aliphatic heterocycles. The average Bonchev–Trinajstić information content (AvgIpc) is 3.67. The van der Waals surface area contributed by atoms with E-state index in [4.69, 9.17) is 19.2 Å². The highest BCUT2D eigenvalue weighted by atomic mass is 32.1. The largest absolute Gasteiger partial charge is 0.507 e. The minimum atomic E-state index is -0.885. The number of aliphatic hydroxyl groups excluding tert-OH is 1. The Bertz CT molecular complexity index is 1710. The molecule has 0 bridgehead atoms. The number of Topliss-reactive ketones (excluding diaryl/α,β-unsaturated/α-hetero) is 1. The van der Waals surface area contributed by atoms with Crippen molar-refractivity contribution < 1.29 is 28.9 Å². The van der Waals surface area contributed by atoms with Gasteiger partial charge in [-0.15, -0.1) is 0 Å². The predicted octanol–water partition coefficient (Wildman–Crippen LogP) is 7.21. The number of hydrogen-bond donors (Lipinski definition) is 1. The van der Waals surface area contributed by atoms with Crippen molar-refractivity contribution in [1.82, 2.24) is 4.98 Å². The van der Waals surface area contributed by atoms with Gasteiger partial charge in [0.2, 0.25) is 0 Å². The zero-order valence-corrected chi connectivity index (χ0v) is 25.3. The third kappa shape index (κ3) is 5.57. The van der Waals surface area contributed by atoms with Gasteiger partial charge in [0.1, 0.15) is 29.1 Å². The number of amides is 1. The molecule has 1 saturated heterocycles. The Morgan fingerprint density at radius 1 is 1.02 bits per heavy atom. The van der Waals surface area contributed by atoms with Crippen molar-refractivity contribution in [1.29, 1.82) is 0 Å².